The number of nitrogens with zero attached hydrogens (tertiary/aromatic N) is 2. The van der Waals surface area contributed by atoms with Gasteiger partial charge < -0.3 is 15.5 Å². The molecule has 0 radical (unpaired) electrons. The summed E-state index contributed by atoms with van der Waals surface area (Å²) in [6.45, 7) is 10.9. The first kappa shape index (κ1) is 23.3. The van der Waals surface area contributed by atoms with Crippen molar-refractivity contribution in [2.75, 3.05) is 19.6 Å². The Morgan fingerprint density at radius 1 is 1.26 bits per heavy atom. The highest BCUT2D eigenvalue weighted by Crippen LogP contribution is 2.29. The third-order valence-electron chi connectivity index (χ3n) is 6.12. The molecular formula is C22H32N4O4S. The minimum absolute atomic E-state index is 0.0350. The summed E-state index contributed by atoms with van der Waals surface area (Å²) >= 11 is 0. The van der Waals surface area contributed by atoms with Crippen LogP contribution in [0.3, 0.4) is 0 Å². The fourth-order valence-electron chi connectivity index (χ4n) is 4.21. The molecular weight excluding hydrogens is 416 g/mol. The second-order valence-electron chi connectivity index (χ2n) is 8.96. The fraction of sp³-hybridized carbons (Fsp3) is 0.545. The van der Waals surface area contributed by atoms with E-state index in [0.29, 0.717) is 0 Å². The molecule has 2 aliphatic heterocycles. The van der Waals surface area contributed by atoms with Gasteiger partial charge in [0.15, 0.2) is 0 Å². The Labute approximate surface area is 184 Å². The number of rotatable bonds is 6. The van der Waals surface area contributed by atoms with Crippen LogP contribution in [0.1, 0.15) is 39.2 Å². The van der Waals surface area contributed by atoms with Gasteiger partial charge in [-0.25, -0.2) is 8.42 Å². The van der Waals surface area contributed by atoms with Crippen LogP contribution in [0.5, 0.6) is 0 Å². The molecule has 2 heterocycles. The number of benzene rings is 1. The highest BCUT2D eigenvalue weighted by atomic mass is 32.2. The van der Waals surface area contributed by atoms with Gasteiger partial charge in [0.2, 0.25) is 11.8 Å². The van der Waals surface area contributed by atoms with E-state index in [4.69, 9.17) is 0 Å². The van der Waals surface area contributed by atoms with Gasteiger partial charge in [-0.1, -0.05) is 38.5 Å². The molecule has 31 heavy (non-hydrogen) atoms. The Bertz CT molecular complexity index is 956. The van der Waals surface area contributed by atoms with Gasteiger partial charge in [0, 0.05) is 31.5 Å². The molecule has 0 bridgehead atoms. The van der Waals surface area contributed by atoms with Gasteiger partial charge in [-0.05, 0) is 37.4 Å². The Kier molecular flexibility index (Phi) is 6.76. The van der Waals surface area contributed by atoms with Gasteiger partial charge in [-0.3, -0.25) is 13.9 Å². The van der Waals surface area contributed by atoms with Crippen LogP contribution in [0.2, 0.25) is 0 Å². The van der Waals surface area contributed by atoms with Gasteiger partial charge >= 0.3 is 0 Å². The average Bonchev–Trinajstić information content (AvgIpc) is 2.71. The van der Waals surface area contributed by atoms with E-state index >= 15 is 0 Å². The van der Waals surface area contributed by atoms with Crippen LogP contribution >= 0.6 is 0 Å². The first-order chi connectivity index (χ1) is 14.5. The van der Waals surface area contributed by atoms with Crippen molar-refractivity contribution >= 4 is 21.8 Å². The predicted molar refractivity (Wildman–Crippen MR) is 118 cm³/mol. The van der Waals surface area contributed by atoms with Crippen LogP contribution in [-0.2, 0) is 19.6 Å². The molecule has 170 valence electrons. The molecule has 2 atom stereocenters. The van der Waals surface area contributed by atoms with Crippen molar-refractivity contribution in [2.45, 2.75) is 57.5 Å². The average molecular weight is 449 g/mol. The molecule has 2 aliphatic rings. The molecule has 0 saturated carbocycles. The first-order valence-corrected chi connectivity index (χ1v) is 12.1. The third kappa shape index (κ3) is 5.10. The second-order valence-corrected chi connectivity index (χ2v) is 10.8. The maximum Gasteiger partial charge on any atom is 0.264 e. The van der Waals surface area contributed by atoms with E-state index in [-0.39, 0.29) is 28.7 Å². The van der Waals surface area contributed by atoms with E-state index in [1.165, 1.54) is 24.5 Å². The Hall–Kier alpha value is -2.39. The molecule has 1 saturated heterocycles. The molecule has 2 N–H and O–H groups in total. The highest BCUT2D eigenvalue weighted by molar-refractivity contribution is 7.89. The summed E-state index contributed by atoms with van der Waals surface area (Å²) < 4.78 is 27.3. The Morgan fingerprint density at radius 2 is 1.94 bits per heavy atom. The summed E-state index contributed by atoms with van der Waals surface area (Å²) in [5, 5.41) is 5.57. The number of aryl methyl sites for hydroxylation is 1. The summed E-state index contributed by atoms with van der Waals surface area (Å²) in [5.41, 5.74) is 0.810. The highest BCUT2D eigenvalue weighted by Gasteiger charge is 2.39. The summed E-state index contributed by atoms with van der Waals surface area (Å²) in [6, 6.07) is 5.24. The van der Waals surface area contributed by atoms with Crippen molar-refractivity contribution < 1.29 is 18.0 Å². The van der Waals surface area contributed by atoms with E-state index in [0.717, 1.165) is 35.9 Å². The molecule has 9 heteroatoms. The molecule has 1 aromatic carbocycles. The van der Waals surface area contributed by atoms with E-state index in [9.17, 15) is 18.0 Å². The van der Waals surface area contributed by atoms with Crippen molar-refractivity contribution in [2.24, 2.45) is 5.41 Å². The summed E-state index contributed by atoms with van der Waals surface area (Å²) in [5.74, 6) is -0.851. The van der Waals surface area contributed by atoms with Gasteiger partial charge in [0.25, 0.3) is 10.0 Å². The van der Waals surface area contributed by atoms with Crippen LogP contribution < -0.4 is 10.6 Å². The van der Waals surface area contributed by atoms with Crippen LogP contribution in [0, 0.1) is 12.3 Å². The van der Waals surface area contributed by atoms with Crippen molar-refractivity contribution in [1.82, 2.24) is 19.8 Å². The largest absolute Gasteiger partial charge is 0.353 e. The van der Waals surface area contributed by atoms with Gasteiger partial charge in [-0.2, -0.15) is 0 Å². The summed E-state index contributed by atoms with van der Waals surface area (Å²) in [6.07, 6.45) is 3.16. The fourth-order valence-corrected chi connectivity index (χ4v) is 5.65. The quantitative estimate of drug-likeness (QED) is 0.689. The second kappa shape index (κ2) is 9.00. The molecule has 2 amide bonds. The normalized spacial score (nSPS) is 24.0. The number of hydrogen-bond acceptors (Lipinski definition) is 5. The molecule has 0 aromatic heterocycles. The monoisotopic (exact) mass is 448 g/mol. The Balaban J connectivity index is 1.75. The van der Waals surface area contributed by atoms with E-state index in [1.54, 1.807) is 12.1 Å². The number of likely N-dealkylation sites (tertiary alicyclic amines) is 1. The van der Waals surface area contributed by atoms with Crippen LogP contribution in [0.4, 0.5) is 0 Å². The van der Waals surface area contributed by atoms with E-state index < -0.39 is 22.0 Å². The van der Waals surface area contributed by atoms with Crippen molar-refractivity contribution in [1.29, 1.82) is 0 Å². The zero-order chi connectivity index (χ0) is 22.8. The topological polar surface area (TPSA) is 98.8 Å². The lowest BCUT2D eigenvalue weighted by molar-refractivity contribution is -0.130. The lowest BCUT2D eigenvalue weighted by Crippen LogP contribution is -2.57. The number of hydrogen-bond donors (Lipinski definition) is 2. The zero-order valence-corrected chi connectivity index (χ0v) is 19.4. The molecule has 1 fully saturated rings. The number of carbonyl (C=O) groups is 2. The van der Waals surface area contributed by atoms with Crippen molar-refractivity contribution in [3.05, 3.63) is 42.2 Å². The zero-order valence-electron chi connectivity index (χ0n) is 18.6. The standard InChI is InChI=1S/C22H32N4O4S/c1-5-25-12-10-19(22(3,4)15-25)24-20(27)14-18-21(28)23-11-13-26(18)31(29,30)17-8-6-16(2)7-9-17/h6-9,11,13,18-19H,5,10,12,14-15H2,1-4H3,(H,23,28)(H,24,27)/t18-,19+/m1/s1. The smallest absolute Gasteiger partial charge is 0.264 e. The van der Waals surface area contributed by atoms with E-state index in [1.807, 2.05) is 6.92 Å². The molecule has 0 unspecified atom stereocenters. The van der Waals surface area contributed by atoms with Crippen LogP contribution in [0.25, 0.3) is 0 Å². The first-order valence-electron chi connectivity index (χ1n) is 10.6. The van der Waals surface area contributed by atoms with E-state index in [2.05, 4.69) is 36.3 Å². The lowest BCUT2D eigenvalue weighted by atomic mass is 9.79. The molecule has 8 nitrogen and oxygen atoms in total. The Morgan fingerprint density at radius 3 is 2.55 bits per heavy atom. The van der Waals surface area contributed by atoms with Gasteiger partial charge in [0.05, 0.1) is 11.3 Å². The molecule has 0 spiro atoms. The number of piperidine rings is 1. The maximum absolute atomic E-state index is 13.2. The number of sulfonamides is 1. The number of nitrogens with one attached hydrogen (secondary N) is 2. The molecule has 3 rings (SSSR count). The van der Waals surface area contributed by atoms with Crippen LogP contribution in [0.15, 0.2) is 41.6 Å². The van der Waals surface area contributed by atoms with Gasteiger partial charge in [-0.15, -0.1) is 0 Å². The predicted octanol–water partition coefficient (Wildman–Crippen LogP) is 1.58. The minimum atomic E-state index is -3.97. The molecule has 0 aliphatic carbocycles. The van der Waals surface area contributed by atoms with Crippen LogP contribution in [-0.4, -0.2) is 61.2 Å². The number of carbonyl (C=O) groups excluding carboxylic acids is 2. The van der Waals surface area contributed by atoms with Crippen molar-refractivity contribution in [3.63, 3.8) is 0 Å². The van der Waals surface area contributed by atoms with Crippen molar-refractivity contribution in [3.8, 4) is 0 Å². The SMILES string of the molecule is CCN1CC[C@H](NC(=O)C[C@@H]2C(=O)NC=CN2S(=O)(=O)c2ccc(C)cc2)C(C)(C)C1. The molecule has 1 aromatic rings. The number of amides is 2. The summed E-state index contributed by atoms with van der Waals surface area (Å²) in [4.78, 5) is 27.8. The lowest BCUT2D eigenvalue weighted by Gasteiger charge is -2.44. The van der Waals surface area contributed by atoms with Gasteiger partial charge in [0.1, 0.15) is 6.04 Å². The third-order valence-corrected chi connectivity index (χ3v) is 7.92. The summed E-state index contributed by atoms with van der Waals surface area (Å²) in [7, 11) is -3.97. The maximum atomic E-state index is 13.2. The minimum Gasteiger partial charge on any atom is -0.353 e.